The van der Waals surface area contributed by atoms with Crippen LogP contribution in [0.3, 0.4) is 0 Å². The molecule has 0 unspecified atom stereocenters. The van der Waals surface area contributed by atoms with Crippen LogP contribution >= 0.6 is 11.8 Å². The molecule has 8 nitrogen and oxygen atoms in total. The van der Waals surface area contributed by atoms with E-state index in [1.807, 2.05) is 55.7 Å². The van der Waals surface area contributed by atoms with Gasteiger partial charge in [0.1, 0.15) is 5.82 Å². The molecule has 2 heterocycles. The van der Waals surface area contributed by atoms with E-state index in [-0.39, 0.29) is 11.7 Å². The quantitative estimate of drug-likeness (QED) is 0.270. The molecule has 9 heteroatoms. The normalized spacial score (nSPS) is 10.9. The average molecular weight is 520 g/mol. The lowest BCUT2D eigenvalue weighted by Crippen LogP contribution is -2.27. The number of hydrogen-bond donors (Lipinski definition) is 1. The lowest BCUT2D eigenvalue weighted by atomic mass is 10.1. The molecule has 0 saturated heterocycles. The van der Waals surface area contributed by atoms with E-state index in [9.17, 15) is 4.79 Å². The number of nitrogens with zero attached hydrogens (tertiary/aromatic N) is 4. The molecule has 0 fully saturated rings. The van der Waals surface area contributed by atoms with Gasteiger partial charge in [-0.1, -0.05) is 48.2 Å². The maximum atomic E-state index is 12.6. The summed E-state index contributed by atoms with van der Waals surface area (Å²) in [4.78, 5) is 12.6. The molecule has 0 radical (unpaired) electrons. The minimum atomic E-state index is -0.0351. The first-order valence-corrected chi connectivity index (χ1v) is 13.2. The Balaban J connectivity index is 1.35. The SMILES string of the molecule is COc1ccc(CCNC(=O)CSc2nnc(Cc3cccn3C)n2CCc2ccccc2)cc1OC. The Kier molecular flexibility index (Phi) is 9.26. The lowest BCUT2D eigenvalue weighted by molar-refractivity contribution is -0.118. The highest BCUT2D eigenvalue weighted by Gasteiger charge is 2.16. The van der Waals surface area contributed by atoms with Crippen molar-refractivity contribution in [2.45, 2.75) is 31.0 Å². The summed E-state index contributed by atoms with van der Waals surface area (Å²) in [5.74, 6) is 2.51. The smallest absolute Gasteiger partial charge is 0.230 e. The van der Waals surface area contributed by atoms with Crippen LogP contribution in [0.2, 0.25) is 0 Å². The first-order valence-electron chi connectivity index (χ1n) is 12.2. The van der Waals surface area contributed by atoms with Crippen molar-refractivity contribution in [1.29, 1.82) is 0 Å². The number of rotatable bonds is 13. The standard InChI is InChI=1S/C28H33N5O3S/c1-32-16-7-10-23(32)19-26-30-31-28(33(26)17-14-21-8-5-4-6-9-21)37-20-27(34)29-15-13-22-11-12-24(35-2)25(18-22)36-3/h4-12,16,18H,13-15,17,19-20H2,1-3H3,(H,29,34). The summed E-state index contributed by atoms with van der Waals surface area (Å²) in [5, 5.41) is 12.7. The van der Waals surface area contributed by atoms with Crippen LogP contribution in [0.15, 0.2) is 72.0 Å². The second-order valence-electron chi connectivity index (χ2n) is 8.65. The van der Waals surface area contributed by atoms with Crippen molar-refractivity contribution in [2.24, 2.45) is 7.05 Å². The minimum Gasteiger partial charge on any atom is -0.493 e. The fourth-order valence-corrected chi connectivity index (χ4v) is 4.89. The molecule has 0 bridgehead atoms. The molecule has 0 aliphatic rings. The third-order valence-electron chi connectivity index (χ3n) is 6.17. The third-order valence-corrected chi connectivity index (χ3v) is 7.13. The van der Waals surface area contributed by atoms with Crippen LogP contribution in [-0.2, 0) is 37.6 Å². The van der Waals surface area contributed by atoms with Crippen molar-refractivity contribution in [2.75, 3.05) is 26.5 Å². The van der Waals surface area contributed by atoms with Gasteiger partial charge in [-0.3, -0.25) is 4.79 Å². The van der Waals surface area contributed by atoms with E-state index in [1.54, 1.807) is 14.2 Å². The highest BCUT2D eigenvalue weighted by atomic mass is 32.2. The highest BCUT2D eigenvalue weighted by Crippen LogP contribution is 2.27. The summed E-state index contributed by atoms with van der Waals surface area (Å²) in [5.41, 5.74) is 3.49. The summed E-state index contributed by atoms with van der Waals surface area (Å²) >= 11 is 1.42. The summed E-state index contributed by atoms with van der Waals surface area (Å²) < 4.78 is 14.9. The number of nitrogens with one attached hydrogen (secondary N) is 1. The Bertz CT molecular complexity index is 1300. The van der Waals surface area contributed by atoms with Gasteiger partial charge in [0.2, 0.25) is 5.91 Å². The number of carbonyl (C=O) groups is 1. The monoisotopic (exact) mass is 519 g/mol. The number of benzene rings is 2. The topological polar surface area (TPSA) is 83.2 Å². The van der Waals surface area contributed by atoms with Gasteiger partial charge in [0.05, 0.1) is 20.0 Å². The van der Waals surface area contributed by atoms with Crippen LogP contribution in [0.4, 0.5) is 0 Å². The van der Waals surface area contributed by atoms with Crippen LogP contribution in [0.5, 0.6) is 11.5 Å². The molecule has 0 spiro atoms. The molecule has 4 rings (SSSR count). The highest BCUT2D eigenvalue weighted by molar-refractivity contribution is 7.99. The average Bonchev–Trinajstić information content (AvgIpc) is 3.51. The van der Waals surface area contributed by atoms with Gasteiger partial charge in [-0.2, -0.15) is 0 Å². The number of hydrogen-bond acceptors (Lipinski definition) is 6. The summed E-state index contributed by atoms with van der Waals surface area (Å²) in [7, 11) is 5.26. The summed E-state index contributed by atoms with van der Waals surface area (Å²) in [6.45, 7) is 1.29. The van der Waals surface area contributed by atoms with Crippen molar-refractivity contribution in [3.63, 3.8) is 0 Å². The zero-order valence-electron chi connectivity index (χ0n) is 21.5. The van der Waals surface area contributed by atoms with Crippen molar-refractivity contribution in [3.8, 4) is 11.5 Å². The second-order valence-corrected chi connectivity index (χ2v) is 9.59. The number of amides is 1. The third kappa shape index (κ3) is 7.16. The van der Waals surface area contributed by atoms with Crippen LogP contribution in [0, 0.1) is 0 Å². The van der Waals surface area contributed by atoms with Crippen LogP contribution in [-0.4, -0.2) is 51.8 Å². The zero-order chi connectivity index (χ0) is 26.0. The molecule has 2 aromatic heterocycles. The number of aromatic nitrogens is 4. The van der Waals surface area contributed by atoms with Gasteiger partial charge < -0.3 is 23.9 Å². The Morgan fingerprint density at radius 3 is 2.49 bits per heavy atom. The lowest BCUT2D eigenvalue weighted by Gasteiger charge is -2.11. The van der Waals surface area contributed by atoms with E-state index in [1.165, 1.54) is 17.3 Å². The molecule has 0 aliphatic heterocycles. The molecule has 0 saturated carbocycles. The van der Waals surface area contributed by atoms with E-state index in [0.717, 1.165) is 35.2 Å². The Morgan fingerprint density at radius 2 is 1.76 bits per heavy atom. The number of thioether (sulfide) groups is 1. The number of ether oxygens (including phenoxy) is 2. The summed E-state index contributed by atoms with van der Waals surface area (Å²) in [6, 6.07) is 20.3. The number of carbonyl (C=O) groups excluding carboxylic acids is 1. The van der Waals surface area contributed by atoms with Gasteiger partial charge >= 0.3 is 0 Å². The predicted molar refractivity (Wildman–Crippen MR) is 145 cm³/mol. The van der Waals surface area contributed by atoms with Gasteiger partial charge in [-0.15, -0.1) is 10.2 Å². The largest absolute Gasteiger partial charge is 0.493 e. The summed E-state index contributed by atoms with van der Waals surface area (Å²) in [6.07, 6.45) is 4.28. The van der Waals surface area contributed by atoms with Crippen molar-refractivity contribution >= 4 is 17.7 Å². The van der Waals surface area contributed by atoms with E-state index in [2.05, 4.69) is 42.8 Å². The van der Waals surface area contributed by atoms with E-state index >= 15 is 0 Å². The Hall–Kier alpha value is -3.72. The first kappa shape index (κ1) is 26.3. The van der Waals surface area contributed by atoms with Gasteiger partial charge in [0, 0.05) is 38.4 Å². The zero-order valence-corrected chi connectivity index (χ0v) is 22.3. The molecular weight excluding hydrogens is 486 g/mol. The van der Waals surface area contributed by atoms with Gasteiger partial charge in [-0.25, -0.2) is 0 Å². The Labute approximate surface area is 222 Å². The molecule has 194 valence electrons. The molecule has 2 aromatic carbocycles. The van der Waals surface area contributed by atoms with Crippen LogP contribution in [0.1, 0.15) is 22.6 Å². The van der Waals surface area contributed by atoms with Gasteiger partial charge in [0.25, 0.3) is 0 Å². The maximum absolute atomic E-state index is 12.6. The minimum absolute atomic E-state index is 0.0351. The predicted octanol–water partition coefficient (Wildman–Crippen LogP) is 3.92. The fourth-order valence-electron chi connectivity index (χ4n) is 4.07. The number of aryl methyl sites for hydroxylation is 2. The van der Waals surface area contributed by atoms with Gasteiger partial charge in [0.15, 0.2) is 16.7 Å². The van der Waals surface area contributed by atoms with Crippen LogP contribution in [0.25, 0.3) is 0 Å². The Morgan fingerprint density at radius 1 is 0.946 bits per heavy atom. The van der Waals surface area contributed by atoms with E-state index < -0.39 is 0 Å². The second kappa shape index (κ2) is 13.0. The van der Waals surface area contributed by atoms with Crippen molar-refractivity contribution < 1.29 is 14.3 Å². The molecule has 1 N–H and O–H groups in total. The van der Waals surface area contributed by atoms with Crippen molar-refractivity contribution in [3.05, 3.63) is 89.5 Å². The van der Waals surface area contributed by atoms with E-state index in [0.29, 0.717) is 30.9 Å². The van der Waals surface area contributed by atoms with Gasteiger partial charge in [-0.05, 0) is 48.2 Å². The van der Waals surface area contributed by atoms with Crippen LogP contribution < -0.4 is 14.8 Å². The first-order chi connectivity index (χ1) is 18.1. The molecule has 0 aliphatic carbocycles. The molecule has 1 amide bonds. The fraction of sp³-hybridized carbons (Fsp3) is 0.321. The number of methoxy groups -OCH3 is 2. The van der Waals surface area contributed by atoms with Crippen molar-refractivity contribution in [1.82, 2.24) is 24.6 Å². The molecule has 0 atom stereocenters. The molecule has 37 heavy (non-hydrogen) atoms. The molecule has 4 aromatic rings. The molecular formula is C28H33N5O3S. The maximum Gasteiger partial charge on any atom is 0.230 e. The van der Waals surface area contributed by atoms with E-state index in [4.69, 9.17) is 9.47 Å².